The van der Waals surface area contributed by atoms with Gasteiger partial charge in [-0.2, -0.15) is 0 Å². The Morgan fingerprint density at radius 2 is 2.00 bits per heavy atom. The fourth-order valence-corrected chi connectivity index (χ4v) is 2.08. The number of pyridine rings is 1. The van der Waals surface area contributed by atoms with E-state index in [1.165, 1.54) is 0 Å². The SMILES string of the molecule is NC(=S)/N=C(\N)c1cc(-c2c[nH+]ccc2Cl)ccc1N. The first-order valence-electron chi connectivity index (χ1n) is 5.68. The fourth-order valence-electron chi connectivity index (χ4n) is 1.76. The number of aliphatic imine (C=N–C) groups is 1. The number of nitrogens with two attached hydrogens (primary N) is 3. The van der Waals surface area contributed by atoms with E-state index < -0.39 is 0 Å². The molecule has 0 aliphatic carbocycles. The van der Waals surface area contributed by atoms with Crippen LogP contribution in [-0.2, 0) is 0 Å². The minimum absolute atomic E-state index is 0.0432. The Morgan fingerprint density at radius 3 is 2.65 bits per heavy atom. The molecular formula is C13H13ClN5S+. The van der Waals surface area contributed by atoms with Crippen molar-refractivity contribution in [2.45, 2.75) is 0 Å². The van der Waals surface area contributed by atoms with E-state index in [0.717, 1.165) is 11.1 Å². The number of thiocarbonyl (C=S) groups is 1. The third kappa shape index (κ3) is 3.04. The van der Waals surface area contributed by atoms with Crippen molar-refractivity contribution in [3.63, 3.8) is 0 Å². The Balaban J connectivity index is 2.55. The summed E-state index contributed by atoms with van der Waals surface area (Å²) in [5.74, 6) is 0.174. The molecule has 20 heavy (non-hydrogen) atoms. The quantitative estimate of drug-likeness (QED) is 0.337. The van der Waals surface area contributed by atoms with Crippen LogP contribution in [0.1, 0.15) is 5.56 Å². The van der Waals surface area contributed by atoms with Crippen LogP contribution >= 0.6 is 23.8 Å². The van der Waals surface area contributed by atoms with Crippen molar-refractivity contribution in [2.24, 2.45) is 16.5 Å². The van der Waals surface area contributed by atoms with Crippen molar-refractivity contribution in [3.8, 4) is 11.1 Å². The van der Waals surface area contributed by atoms with Crippen molar-refractivity contribution in [2.75, 3.05) is 5.73 Å². The predicted octanol–water partition coefficient (Wildman–Crippen LogP) is 1.35. The topological polar surface area (TPSA) is 105 Å². The summed E-state index contributed by atoms with van der Waals surface area (Å²) in [5, 5.41) is 0.572. The smallest absolute Gasteiger partial charge is 0.192 e. The van der Waals surface area contributed by atoms with E-state index in [1.54, 1.807) is 30.6 Å². The summed E-state index contributed by atoms with van der Waals surface area (Å²) in [5.41, 5.74) is 19.8. The minimum Gasteiger partial charge on any atom is -0.398 e. The third-order valence-electron chi connectivity index (χ3n) is 2.68. The second-order valence-electron chi connectivity index (χ2n) is 4.04. The molecule has 0 aliphatic rings. The van der Waals surface area contributed by atoms with Gasteiger partial charge in [-0.15, -0.1) is 0 Å². The maximum absolute atomic E-state index is 6.16. The molecule has 1 heterocycles. The maximum atomic E-state index is 6.16. The van der Waals surface area contributed by atoms with Crippen LogP contribution in [0, 0.1) is 0 Å². The number of hydrogen-bond donors (Lipinski definition) is 3. The van der Waals surface area contributed by atoms with E-state index in [-0.39, 0.29) is 10.9 Å². The van der Waals surface area contributed by atoms with Crippen molar-refractivity contribution < 1.29 is 4.98 Å². The zero-order valence-electron chi connectivity index (χ0n) is 10.4. The molecule has 0 saturated heterocycles. The zero-order chi connectivity index (χ0) is 14.7. The summed E-state index contributed by atoms with van der Waals surface area (Å²) in [7, 11) is 0. The number of aromatic amines is 1. The Morgan fingerprint density at radius 1 is 1.25 bits per heavy atom. The summed E-state index contributed by atoms with van der Waals surface area (Å²) in [6.07, 6.45) is 3.53. The number of H-pyrrole nitrogens is 1. The number of aromatic nitrogens is 1. The first kappa shape index (κ1) is 14.2. The molecule has 1 aromatic carbocycles. The highest BCUT2D eigenvalue weighted by molar-refractivity contribution is 7.80. The van der Waals surface area contributed by atoms with E-state index in [9.17, 15) is 0 Å². The lowest BCUT2D eigenvalue weighted by Gasteiger charge is -2.08. The molecule has 0 atom stereocenters. The molecule has 2 rings (SSSR count). The van der Waals surface area contributed by atoms with Crippen LogP contribution in [0.25, 0.3) is 11.1 Å². The Kier molecular flexibility index (Phi) is 4.16. The summed E-state index contributed by atoms with van der Waals surface area (Å²) >= 11 is 10.9. The van der Waals surface area contributed by atoms with E-state index in [4.69, 9.17) is 41.0 Å². The number of hydrogen-bond acceptors (Lipinski definition) is 2. The van der Waals surface area contributed by atoms with Gasteiger partial charge in [0.25, 0.3) is 0 Å². The number of benzene rings is 1. The predicted molar refractivity (Wildman–Crippen MR) is 85.4 cm³/mol. The van der Waals surface area contributed by atoms with E-state index in [2.05, 4.69) is 9.98 Å². The summed E-state index contributed by atoms with van der Waals surface area (Å²) in [4.78, 5) is 6.83. The highest BCUT2D eigenvalue weighted by Crippen LogP contribution is 2.28. The molecular weight excluding hydrogens is 294 g/mol. The average Bonchev–Trinajstić information content (AvgIpc) is 2.39. The number of rotatable bonds is 2. The lowest BCUT2D eigenvalue weighted by molar-refractivity contribution is -0.377. The van der Waals surface area contributed by atoms with Gasteiger partial charge < -0.3 is 17.2 Å². The number of nitrogens with zero attached hydrogens (tertiary/aromatic N) is 1. The molecule has 102 valence electrons. The molecule has 0 spiro atoms. The zero-order valence-corrected chi connectivity index (χ0v) is 12.0. The molecule has 0 radical (unpaired) electrons. The second-order valence-corrected chi connectivity index (χ2v) is 4.87. The molecule has 0 amide bonds. The van der Waals surface area contributed by atoms with Crippen LogP contribution in [0.3, 0.4) is 0 Å². The van der Waals surface area contributed by atoms with Gasteiger partial charge in [0.15, 0.2) is 17.5 Å². The molecule has 5 nitrogen and oxygen atoms in total. The number of nitrogen functional groups attached to an aromatic ring is 1. The van der Waals surface area contributed by atoms with Gasteiger partial charge in [-0.25, -0.2) is 9.98 Å². The van der Waals surface area contributed by atoms with Crippen LogP contribution in [0.5, 0.6) is 0 Å². The molecule has 0 fully saturated rings. The van der Waals surface area contributed by atoms with Crippen molar-refractivity contribution in [1.29, 1.82) is 0 Å². The number of amidine groups is 1. The van der Waals surface area contributed by atoms with Gasteiger partial charge in [0, 0.05) is 17.3 Å². The van der Waals surface area contributed by atoms with Gasteiger partial charge in [-0.1, -0.05) is 17.7 Å². The monoisotopic (exact) mass is 306 g/mol. The average molecular weight is 307 g/mol. The van der Waals surface area contributed by atoms with E-state index in [1.807, 2.05) is 6.07 Å². The van der Waals surface area contributed by atoms with Crippen LogP contribution in [0.15, 0.2) is 41.7 Å². The van der Waals surface area contributed by atoms with Gasteiger partial charge in [0.1, 0.15) is 5.84 Å². The van der Waals surface area contributed by atoms with Crippen molar-refractivity contribution >= 4 is 40.5 Å². The first-order chi connectivity index (χ1) is 9.49. The second kappa shape index (κ2) is 5.85. The van der Waals surface area contributed by atoms with Crippen LogP contribution in [0.2, 0.25) is 5.02 Å². The van der Waals surface area contributed by atoms with Gasteiger partial charge in [-0.05, 0) is 29.9 Å². The summed E-state index contributed by atoms with van der Waals surface area (Å²) < 4.78 is 0. The summed E-state index contributed by atoms with van der Waals surface area (Å²) in [6, 6.07) is 7.14. The Labute approximate surface area is 126 Å². The number of nitrogens with one attached hydrogen (secondary N) is 1. The number of anilines is 1. The van der Waals surface area contributed by atoms with Gasteiger partial charge in [0.2, 0.25) is 0 Å². The highest BCUT2D eigenvalue weighted by atomic mass is 35.5. The number of halogens is 1. The van der Waals surface area contributed by atoms with Crippen LogP contribution in [0.4, 0.5) is 5.69 Å². The van der Waals surface area contributed by atoms with E-state index in [0.29, 0.717) is 16.3 Å². The lowest BCUT2D eigenvalue weighted by Crippen LogP contribution is -2.19. The standard InChI is InChI=1S/C13H12ClN5S/c14-10-3-4-18-6-9(10)7-1-2-11(15)8(5-7)12(16)19-13(17)20/h1-6H,15H2,(H4,16,17,19,20)/p+1. The third-order valence-corrected chi connectivity index (χ3v) is 3.10. The lowest BCUT2D eigenvalue weighted by atomic mass is 10.0. The van der Waals surface area contributed by atoms with Gasteiger partial charge in [-0.3, -0.25) is 0 Å². The van der Waals surface area contributed by atoms with Gasteiger partial charge in [0.05, 0.1) is 10.6 Å². The molecule has 0 unspecified atom stereocenters. The molecule has 7 N–H and O–H groups in total. The molecule has 7 heteroatoms. The summed E-state index contributed by atoms with van der Waals surface area (Å²) in [6.45, 7) is 0. The van der Waals surface area contributed by atoms with Crippen molar-refractivity contribution in [1.82, 2.24) is 0 Å². The molecule has 0 bridgehead atoms. The van der Waals surface area contributed by atoms with Gasteiger partial charge >= 0.3 is 0 Å². The maximum Gasteiger partial charge on any atom is 0.192 e. The van der Waals surface area contributed by atoms with Crippen molar-refractivity contribution in [3.05, 3.63) is 47.2 Å². The molecule has 0 aliphatic heterocycles. The fraction of sp³-hybridized carbons (Fsp3) is 0. The Hall–Kier alpha value is -2.18. The van der Waals surface area contributed by atoms with Crippen LogP contribution in [-0.4, -0.2) is 10.9 Å². The van der Waals surface area contributed by atoms with E-state index >= 15 is 0 Å². The first-order valence-corrected chi connectivity index (χ1v) is 6.47. The molecule has 1 aromatic heterocycles. The minimum atomic E-state index is -0.0432. The molecule has 2 aromatic rings. The largest absolute Gasteiger partial charge is 0.398 e. The molecule has 0 saturated carbocycles. The van der Waals surface area contributed by atoms with Crippen LogP contribution < -0.4 is 22.2 Å². The highest BCUT2D eigenvalue weighted by Gasteiger charge is 2.11. The Bertz CT molecular complexity index is 699. The normalized spacial score (nSPS) is 11.3.